The molecule has 6 aromatic rings. The van der Waals surface area contributed by atoms with Gasteiger partial charge < -0.3 is 14.6 Å². The molecular weight excluding hydrogens is 471 g/mol. The first-order valence-electron chi connectivity index (χ1n) is 11.7. The number of likely N-dealkylation sites (N-methyl/N-ethyl adjacent to an activating group) is 1. The number of pyridine rings is 3. The van der Waals surface area contributed by atoms with E-state index in [0.717, 1.165) is 28.8 Å². The van der Waals surface area contributed by atoms with Crippen LogP contribution in [0.4, 0.5) is 4.39 Å². The van der Waals surface area contributed by atoms with Gasteiger partial charge in [0.2, 0.25) is 0 Å². The van der Waals surface area contributed by atoms with Crippen molar-refractivity contribution in [1.82, 2.24) is 40.0 Å². The fraction of sp³-hybridized carbons (Fsp3) is 0.148. The van der Waals surface area contributed by atoms with E-state index in [-0.39, 0.29) is 5.82 Å². The Hall–Kier alpha value is -4.70. The highest BCUT2D eigenvalue weighted by Crippen LogP contribution is 2.31. The average Bonchev–Trinajstić information content (AvgIpc) is 3.52. The second-order valence-corrected chi connectivity index (χ2v) is 8.88. The van der Waals surface area contributed by atoms with Crippen molar-refractivity contribution >= 4 is 22.1 Å². The van der Waals surface area contributed by atoms with E-state index >= 15 is 0 Å². The Morgan fingerprint density at radius 2 is 1.81 bits per heavy atom. The topological polar surface area (TPSA) is 109 Å². The maximum atomic E-state index is 13.9. The van der Waals surface area contributed by atoms with Gasteiger partial charge in [-0.1, -0.05) is 12.1 Å². The predicted octanol–water partition coefficient (Wildman–Crippen LogP) is 4.70. The molecule has 0 fully saturated rings. The molecule has 0 spiro atoms. The number of nitrogens with one attached hydrogen (secondary N) is 2. The molecule has 6 rings (SSSR count). The lowest BCUT2D eigenvalue weighted by Gasteiger charge is -2.11. The molecule has 5 aromatic heterocycles. The van der Waals surface area contributed by atoms with Crippen LogP contribution in [0.2, 0.25) is 0 Å². The van der Waals surface area contributed by atoms with Crippen LogP contribution in [0.15, 0.2) is 67.1 Å². The molecule has 1 aromatic carbocycles. The van der Waals surface area contributed by atoms with Crippen molar-refractivity contribution in [2.24, 2.45) is 0 Å². The number of aromatic amines is 2. The van der Waals surface area contributed by atoms with Gasteiger partial charge in [-0.3, -0.25) is 15.1 Å². The highest BCUT2D eigenvalue weighted by atomic mass is 19.1. The highest BCUT2D eigenvalue weighted by molar-refractivity contribution is 5.95. The van der Waals surface area contributed by atoms with Crippen LogP contribution in [0.25, 0.3) is 56.1 Å². The molecule has 0 unspecified atom stereocenters. The van der Waals surface area contributed by atoms with Gasteiger partial charge in [0.1, 0.15) is 29.2 Å². The Balaban J connectivity index is 1.38. The number of hydrogen-bond donors (Lipinski definition) is 2. The third-order valence-electron chi connectivity index (χ3n) is 5.95. The van der Waals surface area contributed by atoms with Crippen molar-refractivity contribution in [3.63, 3.8) is 0 Å². The summed E-state index contributed by atoms with van der Waals surface area (Å²) in [6, 6.07) is 13.9. The maximum Gasteiger partial charge on any atom is 0.161 e. The summed E-state index contributed by atoms with van der Waals surface area (Å²) in [7, 11) is 4.00. The van der Waals surface area contributed by atoms with Crippen LogP contribution in [0.5, 0.6) is 5.75 Å². The Kier molecular flexibility index (Phi) is 5.78. The van der Waals surface area contributed by atoms with Gasteiger partial charge >= 0.3 is 0 Å². The zero-order valence-corrected chi connectivity index (χ0v) is 20.2. The minimum atomic E-state index is -0.330. The molecule has 0 aliphatic rings. The normalized spacial score (nSPS) is 11.6. The van der Waals surface area contributed by atoms with Gasteiger partial charge in [-0.25, -0.2) is 14.4 Å². The smallest absolute Gasteiger partial charge is 0.161 e. The summed E-state index contributed by atoms with van der Waals surface area (Å²) < 4.78 is 19.7. The quantitative estimate of drug-likeness (QED) is 0.331. The molecule has 0 aliphatic heterocycles. The van der Waals surface area contributed by atoms with Crippen LogP contribution in [-0.4, -0.2) is 67.3 Å². The van der Waals surface area contributed by atoms with E-state index < -0.39 is 0 Å². The minimum absolute atomic E-state index is 0.330. The molecule has 9 nitrogen and oxygen atoms in total. The zero-order chi connectivity index (χ0) is 25.4. The van der Waals surface area contributed by atoms with Gasteiger partial charge in [0, 0.05) is 30.1 Å². The SMILES string of the molecule is CN(C)CCOc1cncc(-c2ccc3[nH]nc(-c4nc5c(-c6cccc(F)c6)nccc5[nH]4)c3n2)c1. The standard InChI is InChI=1S/C27H23FN8O/c1-36(2)10-11-37-19-13-17(14-29-15-19)20-6-7-22-25(31-20)26(35-34-22)27-32-21-8-9-30-23(24(21)33-27)16-4-3-5-18(28)12-16/h3-9,12-15H,10-11H2,1-2H3,(H,32,33)(H,34,35). The number of fused-ring (bicyclic) bond motifs is 2. The molecule has 2 N–H and O–H groups in total. The van der Waals surface area contributed by atoms with Crippen LogP contribution < -0.4 is 4.74 Å². The highest BCUT2D eigenvalue weighted by Gasteiger charge is 2.17. The van der Waals surface area contributed by atoms with Crippen molar-refractivity contribution in [2.45, 2.75) is 0 Å². The van der Waals surface area contributed by atoms with Crippen molar-refractivity contribution in [2.75, 3.05) is 27.2 Å². The molecule has 0 saturated carbocycles. The van der Waals surface area contributed by atoms with Gasteiger partial charge in [-0.15, -0.1) is 0 Å². The lowest BCUT2D eigenvalue weighted by molar-refractivity contribution is 0.261. The van der Waals surface area contributed by atoms with Gasteiger partial charge in [0.15, 0.2) is 11.5 Å². The van der Waals surface area contributed by atoms with Crippen LogP contribution in [0.3, 0.4) is 0 Å². The van der Waals surface area contributed by atoms with Crippen LogP contribution in [-0.2, 0) is 0 Å². The van der Waals surface area contributed by atoms with Crippen molar-refractivity contribution in [3.05, 3.63) is 72.9 Å². The number of nitrogens with zero attached hydrogens (tertiary/aromatic N) is 6. The van der Waals surface area contributed by atoms with Gasteiger partial charge in [-0.05, 0) is 50.5 Å². The van der Waals surface area contributed by atoms with E-state index in [4.69, 9.17) is 14.7 Å². The van der Waals surface area contributed by atoms with E-state index in [1.807, 2.05) is 44.4 Å². The van der Waals surface area contributed by atoms with Gasteiger partial charge in [0.25, 0.3) is 0 Å². The molecule has 0 bridgehead atoms. The fourth-order valence-corrected chi connectivity index (χ4v) is 4.10. The van der Waals surface area contributed by atoms with E-state index in [0.29, 0.717) is 46.2 Å². The molecule has 0 saturated heterocycles. The largest absolute Gasteiger partial charge is 0.491 e. The molecule has 5 heterocycles. The number of rotatable bonds is 7. The van der Waals surface area contributed by atoms with E-state index in [1.165, 1.54) is 12.1 Å². The lowest BCUT2D eigenvalue weighted by Crippen LogP contribution is -2.19. The zero-order valence-electron chi connectivity index (χ0n) is 20.2. The van der Waals surface area contributed by atoms with E-state index in [9.17, 15) is 4.39 Å². The molecule has 0 radical (unpaired) electrons. The number of imidazole rings is 1. The van der Waals surface area contributed by atoms with Crippen LogP contribution >= 0.6 is 0 Å². The van der Waals surface area contributed by atoms with Crippen LogP contribution in [0.1, 0.15) is 0 Å². The monoisotopic (exact) mass is 494 g/mol. The molecule has 0 aliphatic carbocycles. The summed E-state index contributed by atoms with van der Waals surface area (Å²) in [5, 5.41) is 7.51. The Labute approximate surface area is 211 Å². The molecule has 0 amide bonds. The molecule has 10 heteroatoms. The average molecular weight is 495 g/mol. The number of hydrogen-bond acceptors (Lipinski definition) is 7. The molecular formula is C27H23FN8O. The summed E-state index contributed by atoms with van der Waals surface area (Å²) in [5.74, 6) is 0.891. The molecule has 37 heavy (non-hydrogen) atoms. The summed E-state index contributed by atoms with van der Waals surface area (Å²) in [4.78, 5) is 23.8. The van der Waals surface area contributed by atoms with Crippen molar-refractivity contribution in [3.8, 4) is 39.8 Å². The minimum Gasteiger partial charge on any atom is -0.491 e. The molecule has 0 atom stereocenters. The lowest BCUT2D eigenvalue weighted by atomic mass is 10.1. The predicted molar refractivity (Wildman–Crippen MR) is 139 cm³/mol. The maximum absolute atomic E-state index is 13.9. The van der Waals surface area contributed by atoms with Gasteiger partial charge in [-0.2, -0.15) is 5.10 Å². The van der Waals surface area contributed by atoms with Crippen molar-refractivity contribution in [1.29, 1.82) is 0 Å². The first kappa shape index (κ1) is 22.7. The fourth-order valence-electron chi connectivity index (χ4n) is 4.10. The summed E-state index contributed by atoms with van der Waals surface area (Å²) >= 11 is 0. The third kappa shape index (κ3) is 4.50. The second-order valence-electron chi connectivity index (χ2n) is 8.88. The second kappa shape index (κ2) is 9.40. The van der Waals surface area contributed by atoms with E-state index in [2.05, 4.69) is 30.0 Å². The van der Waals surface area contributed by atoms with Crippen molar-refractivity contribution < 1.29 is 9.13 Å². The number of aromatic nitrogens is 7. The molecule has 184 valence electrons. The first-order chi connectivity index (χ1) is 18.0. The number of benzene rings is 1. The third-order valence-corrected chi connectivity index (χ3v) is 5.95. The Morgan fingerprint density at radius 3 is 2.68 bits per heavy atom. The Morgan fingerprint density at radius 1 is 0.919 bits per heavy atom. The number of H-pyrrole nitrogens is 2. The summed E-state index contributed by atoms with van der Waals surface area (Å²) in [5.41, 5.74) is 6.21. The first-order valence-corrected chi connectivity index (χ1v) is 11.7. The van der Waals surface area contributed by atoms with E-state index in [1.54, 1.807) is 24.7 Å². The van der Waals surface area contributed by atoms with Gasteiger partial charge in [0.05, 0.1) is 28.6 Å². The summed E-state index contributed by atoms with van der Waals surface area (Å²) in [6.45, 7) is 1.37. The van der Waals surface area contributed by atoms with Crippen LogP contribution in [0, 0.1) is 5.82 Å². The Bertz CT molecular complexity index is 1720. The number of ether oxygens (including phenoxy) is 1. The number of halogens is 1. The summed E-state index contributed by atoms with van der Waals surface area (Å²) in [6.07, 6.45) is 5.12.